The summed E-state index contributed by atoms with van der Waals surface area (Å²) in [7, 11) is -3.39. The van der Waals surface area contributed by atoms with Crippen molar-refractivity contribution in [2.75, 3.05) is 28.8 Å². The molecule has 2 aliphatic heterocycles. The third kappa shape index (κ3) is 2.93. The molecule has 2 heterocycles. The van der Waals surface area contributed by atoms with Crippen LogP contribution < -0.4 is 9.21 Å². The van der Waals surface area contributed by atoms with Crippen LogP contribution in [0.25, 0.3) is 0 Å². The third-order valence-electron chi connectivity index (χ3n) is 5.31. The average Bonchev–Trinajstić information content (AvgIpc) is 3.13. The van der Waals surface area contributed by atoms with Crippen molar-refractivity contribution in [3.63, 3.8) is 0 Å². The number of rotatable bonds is 3. The Morgan fingerprint density at radius 3 is 2.58 bits per heavy atom. The fourth-order valence-electron chi connectivity index (χ4n) is 3.91. The number of hydrogen-bond acceptors (Lipinski definition) is 4. The van der Waals surface area contributed by atoms with Crippen molar-refractivity contribution in [1.82, 2.24) is 0 Å². The average molecular weight is 367 g/mol. The number of nitrogens with zero attached hydrogens (tertiary/aromatic N) is 3. The van der Waals surface area contributed by atoms with Gasteiger partial charge < -0.3 is 4.90 Å². The Morgan fingerprint density at radius 2 is 1.81 bits per heavy atom. The molecule has 1 saturated heterocycles. The van der Waals surface area contributed by atoms with Crippen molar-refractivity contribution in [1.29, 1.82) is 5.26 Å². The molecule has 0 bridgehead atoms. The Hall–Kier alpha value is -2.52. The summed E-state index contributed by atoms with van der Waals surface area (Å²) >= 11 is 0. The van der Waals surface area contributed by atoms with Crippen molar-refractivity contribution in [2.45, 2.75) is 24.5 Å². The topological polar surface area (TPSA) is 64.4 Å². The molecule has 0 saturated carbocycles. The molecule has 134 valence electrons. The van der Waals surface area contributed by atoms with Crippen molar-refractivity contribution in [3.8, 4) is 6.07 Å². The van der Waals surface area contributed by atoms with Crippen molar-refractivity contribution >= 4 is 21.4 Å². The maximum absolute atomic E-state index is 13.3. The van der Waals surface area contributed by atoms with Crippen LogP contribution in [-0.2, 0) is 16.4 Å². The normalized spacial score (nSPS) is 19.9. The first kappa shape index (κ1) is 16.9. The maximum atomic E-state index is 13.3. The van der Waals surface area contributed by atoms with Gasteiger partial charge in [-0.3, -0.25) is 4.31 Å². The van der Waals surface area contributed by atoms with Crippen LogP contribution in [0.3, 0.4) is 0 Å². The van der Waals surface area contributed by atoms with Crippen LogP contribution in [0.15, 0.2) is 48.5 Å². The van der Waals surface area contributed by atoms with Crippen LogP contribution in [-0.4, -0.2) is 33.3 Å². The first-order chi connectivity index (χ1) is 12.6. The van der Waals surface area contributed by atoms with E-state index in [1.54, 1.807) is 16.4 Å². The van der Waals surface area contributed by atoms with E-state index >= 15 is 0 Å². The second-order valence-corrected chi connectivity index (χ2v) is 9.00. The van der Waals surface area contributed by atoms with Crippen LogP contribution in [0.1, 0.15) is 24.0 Å². The van der Waals surface area contributed by atoms with Crippen molar-refractivity contribution < 1.29 is 8.42 Å². The highest BCUT2D eigenvalue weighted by Gasteiger charge is 2.38. The SMILES string of the molecule is N#Cc1ccc(N2CCCC(S(=O)(=O)N3CCc4ccccc43)C2)cc1. The minimum atomic E-state index is -3.39. The van der Waals surface area contributed by atoms with Crippen molar-refractivity contribution in [3.05, 3.63) is 59.7 Å². The van der Waals surface area contributed by atoms with Gasteiger partial charge in [0.25, 0.3) is 0 Å². The molecule has 2 aromatic rings. The maximum Gasteiger partial charge on any atom is 0.239 e. The fourth-order valence-corrected chi connectivity index (χ4v) is 5.91. The molecular formula is C20H21N3O2S. The Bertz CT molecular complexity index is 948. The summed E-state index contributed by atoms with van der Waals surface area (Å²) in [5.41, 5.74) is 3.54. The van der Waals surface area contributed by atoms with E-state index in [9.17, 15) is 8.42 Å². The number of para-hydroxylation sites is 1. The number of hydrogen-bond donors (Lipinski definition) is 0. The van der Waals surface area contributed by atoms with Gasteiger partial charge in [-0.05, 0) is 55.2 Å². The highest BCUT2D eigenvalue weighted by atomic mass is 32.2. The number of piperidine rings is 1. The summed E-state index contributed by atoms with van der Waals surface area (Å²) < 4.78 is 28.2. The quantitative estimate of drug-likeness (QED) is 0.837. The van der Waals surface area contributed by atoms with Crippen LogP contribution in [0, 0.1) is 11.3 Å². The lowest BCUT2D eigenvalue weighted by atomic mass is 10.1. The molecular weight excluding hydrogens is 346 g/mol. The Morgan fingerprint density at radius 1 is 1.04 bits per heavy atom. The molecule has 2 aromatic carbocycles. The van der Waals surface area contributed by atoms with Gasteiger partial charge in [0, 0.05) is 25.3 Å². The minimum Gasteiger partial charge on any atom is -0.370 e. The zero-order valence-electron chi connectivity index (χ0n) is 14.5. The summed E-state index contributed by atoms with van der Waals surface area (Å²) in [4.78, 5) is 2.12. The van der Waals surface area contributed by atoms with Gasteiger partial charge >= 0.3 is 0 Å². The summed E-state index contributed by atoms with van der Waals surface area (Å²) in [6.07, 6.45) is 2.31. The summed E-state index contributed by atoms with van der Waals surface area (Å²) in [5.74, 6) is 0. The smallest absolute Gasteiger partial charge is 0.239 e. The van der Waals surface area contributed by atoms with Gasteiger partial charge in [0.1, 0.15) is 0 Å². The zero-order chi connectivity index (χ0) is 18.1. The van der Waals surface area contributed by atoms with Crippen molar-refractivity contribution in [2.24, 2.45) is 0 Å². The van der Waals surface area contributed by atoms with E-state index < -0.39 is 15.3 Å². The molecule has 5 nitrogen and oxygen atoms in total. The van der Waals surface area contributed by atoms with Crippen LogP contribution >= 0.6 is 0 Å². The highest BCUT2D eigenvalue weighted by Crippen LogP contribution is 2.33. The number of fused-ring (bicyclic) bond motifs is 1. The van der Waals surface area contributed by atoms with Gasteiger partial charge in [-0.1, -0.05) is 18.2 Å². The standard InChI is InChI=1S/C20H21N3O2S/c21-14-16-7-9-18(10-8-16)22-12-3-5-19(15-22)26(24,25)23-13-11-17-4-1-2-6-20(17)23/h1-2,4,6-10,19H,3,5,11-13,15H2. The second-order valence-electron chi connectivity index (χ2n) is 6.86. The Labute approximate surface area is 154 Å². The van der Waals surface area contributed by atoms with Gasteiger partial charge in [0.2, 0.25) is 10.0 Å². The summed E-state index contributed by atoms with van der Waals surface area (Å²) in [5, 5.41) is 8.54. The third-order valence-corrected chi connectivity index (χ3v) is 7.53. The first-order valence-electron chi connectivity index (χ1n) is 8.94. The molecule has 0 aliphatic carbocycles. The number of anilines is 2. The second kappa shape index (κ2) is 6.65. The monoisotopic (exact) mass is 367 g/mol. The molecule has 0 aromatic heterocycles. The van der Waals surface area contributed by atoms with E-state index in [4.69, 9.17) is 5.26 Å². The molecule has 26 heavy (non-hydrogen) atoms. The van der Waals surface area contributed by atoms with Gasteiger partial charge in [0.15, 0.2) is 0 Å². The molecule has 0 spiro atoms. The minimum absolute atomic E-state index is 0.405. The first-order valence-corrected chi connectivity index (χ1v) is 10.4. The lowest BCUT2D eigenvalue weighted by molar-refractivity contribution is 0.529. The van der Waals surface area contributed by atoms with Crippen LogP contribution in [0.5, 0.6) is 0 Å². The molecule has 1 unspecified atom stereocenters. The van der Waals surface area contributed by atoms with Crippen LogP contribution in [0.4, 0.5) is 11.4 Å². The Kier molecular flexibility index (Phi) is 4.33. The largest absolute Gasteiger partial charge is 0.370 e. The van der Waals surface area contributed by atoms with Crippen LogP contribution in [0.2, 0.25) is 0 Å². The molecule has 4 rings (SSSR count). The van der Waals surface area contributed by atoms with E-state index in [1.165, 1.54) is 0 Å². The molecule has 6 heteroatoms. The zero-order valence-corrected chi connectivity index (χ0v) is 15.3. The lowest BCUT2D eigenvalue weighted by Crippen LogP contribution is -2.47. The molecule has 0 N–H and O–H groups in total. The lowest BCUT2D eigenvalue weighted by Gasteiger charge is -2.36. The van der Waals surface area contributed by atoms with Gasteiger partial charge in [-0.25, -0.2) is 8.42 Å². The predicted octanol–water partition coefficient (Wildman–Crippen LogP) is 2.92. The molecule has 0 radical (unpaired) electrons. The highest BCUT2D eigenvalue weighted by molar-refractivity contribution is 7.93. The van der Waals surface area contributed by atoms with Gasteiger partial charge in [-0.2, -0.15) is 5.26 Å². The molecule has 1 fully saturated rings. The summed E-state index contributed by atoms with van der Waals surface area (Å²) in [6.45, 7) is 1.87. The van der Waals surface area contributed by atoms with E-state index in [2.05, 4.69) is 11.0 Å². The van der Waals surface area contributed by atoms with E-state index in [0.29, 0.717) is 25.1 Å². The van der Waals surface area contributed by atoms with Gasteiger partial charge in [0.05, 0.1) is 22.6 Å². The predicted molar refractivity (Wildman–Crippen MR) is 103 cm³/mol. The number of nitriles is 1. The fraction of sp³-hybridized carbons (Fsp3) is 0.350. The van der Waals surface area contributed by atoms with E-state index in [-0.39, 0.29) is 0 Å². The van der Waals surface area contributed by atoms with Gasteiger partial charge in [-0.15, -0.1) is 0 Å². The van der Waals surface area contributed by atoms with E-state index in [0.717, 1.165) is 36.3 Å². The number of benzene rings is 2. The Balaban J connectivity index is 1.56. The van der Waals surface area contributed by atoms with E-state index in [1.807, 2.05) is 36.4 Å². The number of sulfonamides is 1. The molecule has 0 amide bonds. The molecule has 1 atom stereocenters. The molecule has 2 aliphatic rings. The summed E-state index contributed by atoms with van der Waals surface area (Å²) in [6, 6.07) is 17.3.